The Morgan fingerprint density at radius 1 is 1.05 bits per heavy atom. The third kappa shape index (κ3) is 7.62. The van der Waals surface area contributed by atoms with Crippen molar-refractivity contribution in [3.8, 4) is 5.75 Å². The number of piperidine rings is 1. The molecule has 1 aromatic heterocycles. The van der Waals surface area contributed by atoms with Gasteiger partial charge in [0.2, 0.25) is 5.95 Å². The highest BCUT2D eigenvalue weighted by Gasteiger charge is 2.22. The van der Waals surface area contributed by atoms with Crippen LogP contribution >= 0.6 is 11.6 Å². The van der Waals surface area contributed by atoms with E-state index in [0.29, 0.717) is 34.9 Å². The van der Waals surface area contributed by atoms with Crippen LogP contribution in [0.4, 0.5) is 28.8 Å². The molecule has 0 atom stereocenters. The number of Topliss-reactive ketones (excluding diaryl/α,β-unsaturated/α-hetero) is 1. The summed E-state index contributed by atoms with van der Waals surface area (Å²) in [6.07, 6.45) is 4.88. The van der Waals surface area contributed by atoms with Gasteiger partial charge in [-0.25, -0.2) is 4.98 Å². The maximum atomic E-state index is 12.8. The number of halogens is 1. The Labute approximate surface area is 249 Å². The second-order valence-corrected chi connectivity index (χ2v) is 10.4. The fraction of sp³-hybridized carbons (Fsp3) is 0.300. The van der Waals surface area contributed by atoms with Crippen LogP contribution < -0.4 is 20.7 Å². The summed E-state index contributed by atoms with van der Waals surface area (Å²) in [5.41, 5.74) is 2.06. The van der Waals surface area contributed by atoms with Crippen molar-refractivity contribution in [1.29, 1.82) is 0 Å². The summed E-state index contributed by atoms with van der Waals surface area (Å²) >= 11 is 6.38. The number of anilines is 5. The summed E-state index contributed by atoms with van der Waals surface area (Å²) in [6.45, 7) is 6.45. The maximum absolute atomic E-state index is 12.8. The number of carbonyl (C=O) groups excluding carboxylic acids is 3. The van der Waals surface area contributed by atoms with E-state index in [-0.39, 0.29) is 28.3 Å². The van der Waals surface area contributed by atoms with Gasteiger partial charge in [-0.15, -0.1) is 0 Å². The van der Waals surface area contributed by atoms with Gasteiger partial charge >= 0.3 is 0 Å². The summed E-state index contributed by atoms with van der Waals surface area (Å²) < 4.78 is 5.49. The van der Waals surface area contributed by atoms with Crippen molar-refractivity contribution < 1.29 is 19.1 Å². The average Bonchev–Trinajstić information content (AvgIpc) is 2.99. The number of nitrogens with one attached hydrogen (secondary N) is 3. The van der Waals surface area contributed by atoms with Crippen molar-refractivity contribution in [1.82, 2.24) is 19.8 Å². The van der Waals surface area contributed by atoms with Gasteiger partial charge in [-0.3, -0.25) is 19.3 Å². The molecule has 4 rings (SSSR count). The Balaban J connectivity index is 1.51. The highest BCUT2D eigenvalue weighted by atomic mass is 35.5. The van der Waals surface area contributed by atoms with Crippen LogP contribution in [-0.2, 0) is 9.59 Å². The number of ether oxygens (including phenoxy) is 1. The van der Waals surface area contributed by atoms with E-state index < -0.39 is 11.7 Å². The van der Waals surface area contributed by atoms with Gasteiger partial charge in [0, 0.05) is 31.9 Å². The lowest BCUT2D eigenvalue weighted by molar-refractivity contribution is -0.124. The van der Waals surface area contributed by atoms with Gasteiger partial charge in [-0.1, -0.05) is 36.7 Å². The Bertz CT molecular complexity index is 1490. The Morgan fingerprint density at radius 2 is 1.79 bits per heavy atom. The van der Waals surface area contributed by atoms with Crippen LogP contribution in [0.5, 0.6) is 5.75 Å². The second kappa shape index (κ2) is 13.9. The largest absolute Gasteiger partial charge is 0.495 e. The van der Waals surface area contributed by atoms with Crippen LogP contribution in [-0.4, -0.2) is 78.2 Å². The van der Waals surface area contributed by atoms with Crippen molar-refractivity contribution in [3.05, 3.63) is 71.4 Å². The number of hydrogen-bond donors (Lipinski definition) is 3. The quantitative estimate of drug-likeness (QED) is 0.162. The third-order valence-electron chi connectivity index (χ3n) is 6.66. The fourth-order valence-corrected chi connectivity index (χ4v) is 4.57. The van der Waals surface area contributed by atoms with Crippen molar-refractivity contribution in [2.24, 2.45) is 0 Å². The summed E-state index contributed by atoms with van der Waals surface area (Å²) in [6, 6.07) is 11.7. The highest BCUT2D eigenvalue weighted by molar-refractivity contribution is 6.43. The van der Waals surface area contributed by atoms with E-state index in [0.717, 1.165) is 25.9 Å². The molecule has 2 aromatic carbocycles. The van der Waals surface area contributed by atoms with Gasteiger partial charge in [0.15, 0.2) is 5.82 Å². The van der Waals surface area contributed by atoms with Crippen LogP contribution in [0.25, 0.3) is 0 Å². The van der Waals surface area contributed by atoms with E-state index in [2.05, 4.69) is 37.4 Å². The molecular formula is C30H34ClN7O4. The first-order valence-corrected chi connectivity index (χ1v) is 13.8. The van der Waals surface area contributed by atoms with E-state index in [9.17, 15) is 14.4 Å². The molecule has 0 radical (unpaired) electrons. The molecule has 3 N–H and O–H groups in total. The first kappa shape index (κ1) is 30.5. The van der Waals surface area contributed by atoms with E-state index in [4.69, 9.17) is 16.3 Å². The Morgan fingerprint density at radius 3 is 2.50 bits per heavy atom. The van der Waals surface area contributed by atoms with Crippen LogP contribution in [0, 0.1) is 0 Å². The molecule has 1 aliphatic heterocycles. The minimum Gasteiger partial charge on any atom is -0.495 e. The third-order valence-corrected chi connectivity index (χ3v) is 6.93. The minimum absolute atomic E-state index is 0.173. The molecule has 11 nitrogen and oxygen atoms in total. The number of carbonyl (C=O) groups is 3. The number of aromatic nitrogens is 2. The average molecular weight is 592 g/mol. The smallest absolute Gasteiger partial charge is 0.294 e. The molecule has 12 heteroatoms. The normalized spacial score (nSPS) is 13.1. The lowest BCUT2D eigenvalue weighted by Gasteiger charge is -2.26. The minimum atomic E-state index is -0.672. The van der Waals surface area contributed by atoms with Crippen molar-refractivity contribution >= 4 is 58.0 Å². The zero-order valence-electron chi connectivity index (χ0n) is 23.9. The first-order valence-electron chi connectivity index (χ1n) is 13.5. The number of hydrogen-bond acceptors (Lipinski definition) is 9. The standard InChI is InChI=1S/C30H34ClN7O4/c1-19(18-38-14-8-5-9-15-38)28(40)33-20-12-13-25(42-4)24(16-20)35-30-32-17-22(31)27(36-30)34-23-11-7-6-10-21(23)26(39)29(41)37(2)3/h6-7,10-13,16-17H,1,5,8-9,14-15,18H2,2-4H3,(H,33,40)(H2,32,34,35,36). The lowest BCUT2D eigenvalue weighted by atomic mass is 10.1. The zero-order chi connectivity index (χ0) is 30.2. The van der Waals surface area contributed by atoms with Gasteiger partial charge in [0.1, 0.15) is 10.8 Å². The molecule has 1 saturated heterocycles. The molecule has 3 aromatic rings. The second-order valence-electron chi connectivity index (χ2n) is 10.0. The highest BCUT2D eigenvalue weighted by Crippen LogP contribution is 2.32. The van der Waals surface area contributed by atoms with Crippen molar-refractivity contribution in [3.63, 3.8) is 0 Å². The van der Waals surface area contributed by atoms with Crippen LogP contribution in [0.15, 0.2) is 60.8 Å². The van der Waals surface area contributed by atoms with E-state index >= 15 is 0 Å². The number of likely N-dealkylation sites (N-methyl/N-ethyl adjacent to an activating group) is 1. The number of likely N-dealkylation sites (tertiary alicyclic amines) is 1. The van der Waals surface area contributed by atoms with Crippen LogP contribution in [0.2, 0.25) is 5.02 Å². The molecule has 0 unspecified atom stereocenters. The predicted molar refractivity (Wildman–Crippen MR) is 164 cm³/mol. The Hall–Kier alpha value is -4.48. The molecule has 0 aliphatic carbocycles. The lowest BCUT2D eigenvalue weighted by Crippen LogP contribution is -2.33. The van der Waals surface area contributed by atoms with Gasteiger partial charge in [0.25, 0.3) is 17.6 Å². The maximum Gasteiger partial charge on any atom is 0.294 e. The number of ketones is 1. The van der Waals surface area contributed by atoms with Crippen LogP contribution in [0.1, 0.15) is 29.6 Å². The molecule has 220 valence electrons. The van der Waals surface area contributed by atoms with Gasteiger partial charge in [-0.05, 0) is 56.3 Å². The zero-order valence-corrected chi connectivity index (χ0v) is 24.6. The van der Waals surface area contributed by atoms with Crippen molar-refractivity contribution in [2.75, 3.05) is 56.8 Å². The summed E-state index contributed by atoms with van der Waals surface area (Å²) in [7, 11) is 4.55. The van der Waals surface area contributed by atoms with E-state index in [1.54, 1.807) is 42.5 Å². The van der Waals surface area contributed by atoms with Crippen LogP contribution in [0.3, 0.4) is 0 Å². The fourth-order valence-electron chi connectivity index (χ4n) is 4.43. The summed E-state index contributed by atoms with van der Waals surface area (Å²) in [5.74, 6) is -0.711. The topological polar surface area (TPSA) is 129 Å². The number of para-hydroxylation sites is 1. The molecule has 0 spiro atoms. The van der Waals surface area contributed by atoms with Gasteiger partial charge in [0.05, 0.1) is 30.2 Å². The van der Waals surface area contributed by atoms with Gasteiger partial charge in [-0.2, -0.15) is 4.98 Å². The number of benzene rings is 2. The molecule has 42 heavy (non-hydrogen) atoms. The monoisotopic (exact) mass is 591 g/mol. The van der Waals surface area contributed by atoms with Crippen molar-refractivity contribution in [2.45, 2.75) is 19.3 Å². The summed E-state index contributed by atoms with van der Waals surface area (Å²) in [4.78, 5) is 50.1. The van der Waals surface area contributed by atoms with E-state index in [1.807, 2.05) is 0 Å². The van der Waals surface area contributed by atoms with E-state index in [1.165, 1.54) is 38.7 Å². The molecule has 0 saturated carbocycles. The molecule has 0 bridgehead atoms. The Kier molecular flexibility index (Phi) is 10.1. The number of methoxy groups -OCH3 is 1. The molecule has 1 fully saturated rings. The number of nitrogens with zero attached hydrogens (tertiary/aromatic N) is 4. The molecular weight excluding hydrogens is 558 g/mol. The number of amides is 2. The first-order chi connectivity index (χ1) is 20.2. The number of rotatable bonds is 11. The molecule has 1 aliphatic rings. The van der Waals surface area contributed by atoms with Gasteiger partial charge < -0.3 is 25.6 Å². The molecule has 2 amide bonds. The predicted octanol–water partition coefficient (Wildman–Crippen LogP) is 4.88. The molecule has 2 heterocycles. The SMILES string of the molecule is C=C(CN1CCCCC1)C(=O)Nc1ccc(OC)c(Nc2ncc(Cl)c(Nc3ccccc3C(=O)C(=O)N(C)C)n2)c1. The summed E-state index contributed by atoms with van der Waals surface area (Å²) in [5, 5.41) is 9.23.